The molecule has 1 saturated heterocycles. The zero-order valence-electron chi connectivity index (χ0n) is 17.1. The number of hydroxylamine groups is 1. The lowest BCUT2D eigenvalue weighted by Crippen LogP contribution is -2.44. The number of nitrogens with one attached hydrogen (secondary N) is 3. The Bertz CT molecular complexity index is 647. The van der Waals surface area contributed by atoms with E-state index in [1.165, 1.54) is 26.7 Å². The largest absolute Gasteiger partial charge is 0.468 e. The molecule has 4 atom stereocenters. The molecule has 0 aliphatic carbocycles. The maximum atomic E-state index is 11.7. The average molecular weight is 433 g/mol. The van der Waals surface area contributed by atoms with Gasteiger partial charge in [-0.15, -0.1) is 15.7 Å². The molecular weight excluding hydrogens is 403 g/mol. The van der Waals surface area contributed by atoms with Crippen molar-refractivity contribution >= 4 is 20.0 Å². The molecule has 12 heteroatoms. The lowest BCUT2D eigenvalue weighted by atomic mass is 10.2. The number of ether oxygens (including phenoxy) is 3. The fraction of sp³-hybridized carbons (Fsp3) is 0.647. The fourth-order valence-electron chi connectivity index (χ4n) is 2.79. The van der Waals surface area contributed by atoms with E-state index < -0.39 is 32.2 Å². The van der Waals surface area contributed by atoms with Crippen LogP contribution in [0.15, 0.2) is 24.0 Å². The summed E-state index contributed by atoms with van der Waals surface area (Å²) in [7, 11) is -1.15. The van der Waals surface area contributed by atoms with Crippen LogP contribution in [0.2, 0.25) is 0 Å². The molecule has 2 rings (SSSR count). The minimum absolute atomic E-state index is 0.154. The minimum atomic E-state index is -3.61. The number of allylic oxidation sites excluding steroid dienone is 2. The number of hydrogen-bond acceptors (Lipinski definition) is 11. The monoisotopic (exact) mass is 433 g/mol. The highest BCUT2D eigenvalue weighted by Crippen LogP contribution is 2.46. The quantitative estimate of drug-likeness (QED) is 0.220. The second-order valence-electron chi connectivity index (χ2n) is 6.74. The van der Waals surface area contributed by atoms with E-state index in [0.717, 1.165) is 12.8 Å². The highest BCUT2D eigenvalue weighted by Gasteiger charge is 2.45. The van der Waals surface area contributed by atoms with Crippen molar-refractivity contribution in [1.29, 1.82) is 0 Å². The molecule has 4 unspecified atom stereocenters. The highest BCUT2D eigenvalue weighted by molar-refractivity contribution is 7.61. The Hall–Kier alpha value is -1.59. The summed E-state index contributed by atoms with van der Waals surface area (Å²) in [6.07, 6.45) is 7.76. The van der Waals surface area contributed by atoms with Crippen LogP contribution >= 0.6 is 8.02 Å². The number of carbonyl (C=O) groups excluding carboxylic acids is 2. The molecule has 2 aliphatic heterocycles. The summed E-state index contributed by atoms with van der Waals surface area (Å²) in [5, 5.41) is 5.19. The van der Waals surface area contributed by atoms with Crippen LogP contribution < -0.4 is 15.7 Å². The molecule has 0 saturated carbocycles. The van der Waals surface area contributed by atoms with Gasteiger partial charge >= 0.3 is 20.0 Å². The van der Waals surface area contributed by atoms with Gasteiger partial charge in [0.2, 0.25) is 0 Å². The number of methoxy groups -OCH3 is 2. The fourth-order valence-corrected chi connectivity index (χ4v) is 4.24. The van der Waals surface area contributed by atoms with Gasteiger partial charge in [-0.1, -0.05) is 16.3 Å². The first-order chi connectivity index (χ1) is 13.8. The number of esters is 2. The van der Waals surface area contributed by atoms with E-state index in [0.29, 0.717) is 6.42 Å². The lowest BCUT2D eigenvalue weighted by molar-refractivity contribution is -0.142. The Morgan fingerprint density at radius 1 is 1.38 bits per heavy atom. The van der Waals surface area contributed by atoms with Crippen molar-refractivity contribution in [2.75, 3.05) is 20.8 Å². The van der Waals surface area contributed by atoms with Crippen LogP contribution in [0.3, 0.4) is 0 Å². The highest BCUT2D eigenvalue weighted by atomic mass is 31.2. The summed E-state index contributed by atoms with van der Waals surface area (Å²) in [6.45, 7) is 3.23. The third-order valence-corrected chi connectivity index (χ3v) is 6.02. The van der Waals surface area contributed by atoms with Gasteiger partial charge in [0.05, 0.1) is 14.2 Å². The van der Waals surface area contributed by atoms with Crippen molar-refractivity contribution in [1.82, 2.24) is 20.6 Å². The number of rotatable bonds is 10. The molecule has 0 aromatic carbocycles. The van der Waals surface area contributed by atoms with Gasteiger partial charge in [0, 0.05) is 12.4 Å². The Morgan fingerprint density at radius 2 is 2.14 bits per heavy atom. The predicted molar refractivity (Wildman–Crippen MR) is 105 cm³/mol. The molecule has 2 aliphatic rings. The van der Waals surface area contributed by atoms with Gasteiger partial charge in [0.15, 0.2) is 0 Å². The maximum absolute atomic E-state index is 11.7. The van der Waals surface area contributed by atoms with E-state index in [1.807, 2.05) is 17.3 Å². The van der Waals surface area contributed by atoms with Crippen molar-refractivity contribution in [2.24, 2.45) is 0 Å². The molecule has 11 nitrogen and oxygen atoms in total. The molecule has 29 heavy (non-hydrogen) atoms. The van der Waals surface area contributed by atoms with Crippen LogP contribution in [-0.2, 0) is 28.4 Å². The van der Waals surface area contributed by atoms with Crippen LogP contribution in [0.5, 0.6) is 0 Å². The van der Waals surface area contributed by atoms with Gasteiger partial charge in [-0.2, -0.15) is 4.89 Å². The van der Waals surface area contributed by atoms with Gasteiger partial charge in [-0.25, -0.2) is 0 Å². The summed E-state index contributed by atoms with van der Waals surface area (Å²) in [6, 6.07) is -0.880. The molecule has 4 N–H and O–H groups in total. The molecule has 0 radical (unpaired) electrons. The van der Waals surface area contributed by atoms with Crippen molar-refractivity contribution in [2.45, 2.75) is 51.6 Å². The van der Waals surface area contributed by atoms with Crippen LogP contribution in [-0.4, -0.2) is 61.0 Å². The Kier molecular flexibility index (Phi) is 8.97. The zero-order valence-corrected chi connectivity index (χ0v) is 18.0. The molecular formula is C17H30N4O7P+. The van der Waals surface area contributed by atoms with Gasteiger partial charge < -0.3 is 19.1 Å². The number of hydrogen-bond donors (Lipinski definition) is 4. The molecule has 2 heterocycles. The Morgan fingerprint density at radius 3 is 2.79 bits per heavy atom. The van der Waals surface area contributed by atoms with Gasteiger partial charge in [0.1, 0.15) is 25.0 Å². The third kappa shape index (κ3) is 7.31. The predicted octanol–water partition coefficient (Wildman–Crippen LogP) is 0.677. The normalized spacial score (nSPS) is 24.6. The first-order valence-electron chi connectivity index (χ1n) is 9.26. The smallest absolute Gasteiger partial charge is 0.450 e. The van der Waals surface area contributed by atoms with E-state index in [4.69, 9.17) is 9.36 Å². The standard InChI is InChI=1S/C17H30N4O7P/c1-12-6-5-9-21(11-12)15-8-7-14(27-15)19-28-29(24,18-10-16(22)25-3)20-13(2)17(23)26-4/h5,9,11,13-15,18-20,24H,6-8,10H2,1-4H3/q+1. The van der Waals surface area contributed by atoms with E-state index >= 15 is 0 Å². The summed E-state index contributed by atoms with van der Waals surface area (Å²) in [5.41, 5.74) is 3.92. The summed E-state index contributed by atoms with van der Waals surface area (Å²) < 4.78 is 20.6. The second kappa shape index (κ2) is 11.0. The molecule has 0 spiro atoms. The topological polar surface area (TPSA) is 131 Å². The zero-order chi connectivity index (χ0) is 21.4. The molecule has 0 bridgehead atoms. The number of carbonyl (C=O) groups is 2. The van der Waals surface area contributed by atoms with Crippen molar-refractivity contribution in [3.05, 3.63) is 24.0 Å². The third-order valence-electron chi connectivity index (χ3n) is 4.32. The maximum Gasteiger partial charge on any atom is 0.450 e. The molecule has 164 valence electrons. The van der Waals surface area contributed by atoms with Gasteiger partial charge in [-0.3, -0.25) is 9.59 Å². The first-order valence-corrected chi connectivity index (χ1v) is 10.9. The summed E-state index contributed by atoms with van der Waals surface area (Å²) >= 11 is 0. The molecule has 0 amide bonds. The van der Waals surface area contributed by atoms with Crippen molar-refractivity contribution in [3.63, 3.8) is 0 Å². The van der Waals surface area contributed by atoms with Crippen molar-refractivity contribution < 1.29 is 33.3 Å². The Labute approximate surface area is 170 Å². The van der Waals surface area contributed by atoms with E-state index in [-0.39, 0.29) is 12.8 Å². The van der Waals surface area contributed by atoms with E-state index in [9.17, 15) is 14.5 Å². The number of nitrogens with zero attached hydrogens (tertiary/aromatic N) is 1. The minimum Gasteiger partial charge on any atom is -0.468 e. The molecule has 0 aromatic heterocycles. The van der Waals surface area contributed by atoms with Crippen molar-refractivity contribution in [3.8, 4) is 0 Å². The van der Waals surface area contributed by atoms with Crippen LogP contribution in [0, 0.1) is 0 Å². The van der Waals surface area contributed by atoms with Gasteiger partial charge in [-0.05, 0) is 33.1 Å². The van der Waals surface area contributed by atoms with Crippen LogP contribution in [0.25, 0.3) is 0 Å². The Balaban J connectivity index is 1.92. The second-order valence-corrected chi connectivity index (χ2v) is 8.65. The SMILES string of the molecule is COC(=O)CN[P+](O)(NC(C)C(=O)OC)ONC1CCC(N2C=CCC(C)=C2)O1. The van der Waals surface area contributed by atoms with Gasteiger partial charge in [0.25, 0.3) is 0 Å². The molecule has 1 fully saturated rings. The van der Waals surface area contributed by atoms with E-state index in [2.05, 4.69) is 38.1 Å². The summed E-state index contributed by atoms with van der Waals surface area (Å²) in [5.74, 6) is -1.20. The van der Waals surface area contributed by atoms with E-state index in [1.54, 1.807) is 0 Å². The summed E-state index contributed by atoms with van der Waals surface area (Å²) in [4.78, 5) is 35.9. The van der Waals surface area contributed by atoms with Crippen LogP contribution in [0.4, 0.5) is 0 Å². The average Bonchev–Trinajstić information content (AvgIpc) is 3.19. The first kappa shape index (κ1) is 23.7. The lowest BCUT2D eigenvalue weighted by Gasteiger charge is -2.27. The van der Waals surface area contributed by atoms with Crippen LogP contribution in [0.1, 0.15) is 33.1 Å². The molecule has 0 aromatic rings.